The van der Waals surface area contributed by atoms with Crippen molar-refractivity contribution in [3.63, 3.8) is 0 Å². The molecule has 0 aliphatic carbocycles. The second-order valence-electron chi connectivity index (χ2n) is 7.84. The van der Waals surface area contributed by atoms with Crippen molar-refractivity contribution in [2.24, 2.45) is 0 Å². The maximum Gasteiger partial charge on any atom is 0.453 e. The number of nitrogens with zero attached hydrogens (tertiary/aromatic N) is 6. The summed E-state index contributed by atoms with van der Waals surface area (Å²) in [6.45, 7) is 3.05. The summed E-state index contributed by atoms with van der Waals surface area (Å²) in [7, 11) is 0. The summed E-state index contributed by atoms with van der Waals surface area (Å²) in [5.41, 5.74) is 2.26. The topological polar surface area (TPSA) is 104 Å². The highest BCUT2D eigenvalue weighted by Crippen LogP contribution is 2.27. The number of aromatic nitrogens is 6. The molecule has 4 aromatic heterocycles. The van der Waals surface area contributed by atoms with Gasteiger partial charge in [0.1, 0.15) is 6.61 Å². The highest BCUT2D eigenvalue weighted by molar-refractivity contribution is 7.23. The highest BCUT2D eigenvalue weighted by atomic mass is 32.1. The molecule has 0 spiro atoms. The molecule has 0 saturated carbocycles. The number of carbonyl (C=O) groups is 1. The van der Waals surface area contributed by atoms with E-state index in [1.54, 1.807) is 13.8 Å². The smallest absolute Gasteiger partial charge is 0.453 e. The summed E-state index contributed by atoms with van der Waals surface area (Å²) in [5, 5.41) is 3.50. The Hall–Kier alpha value is -3.87. The Morgan fingerprint density at radius 2 is 1.91 bits per heavy atom. The fourth-order valence-corrected chi connectivity index (χ4v) is 4.89. The second kappa shape index (κ2) is 8.41. The number of hydrogen-bond acceptors (Lipinski definition) is 8. The summed E-state index contributed by atoms with van der Waals surface area (Å²) >= 11 is 1.36. The first-order valence-corrected chi connectivity index (χ1v) is 11.3. The number of rotatable bonds is 5. The van der Waals surface area contributed by atoms with E-state index >= 15 is 0 Å². The van der Waals surface area contributed by atoms with Crippen LogP contribution in [0.2, 0.25) is 0 Å². The first-order valence-electron chi connectivity index (χ1n) is 10.5. The van der Waals surface area contributed by atoms with Gasteiger partial charge in [-0.05, 0) is 38.0 Å². The van der Waals surface area contributed by atoms with E-state index in [1.165, 1.54) is 21.8 Å². The average Bonchev–Trinajstić information content (AvgIpc) is 3.39. The average molecular weight is 502 g/mol. The number of benzene rings is 1. The summed E-state index contributed by atoms with van der Waals surface area (Å²) in [4.78, 5) is 37.4. The normalized spacial score (nSPS) is 12.1. The fourth-order valence-electron chi connectivity index (χ4n) is 3.84. The van der Waals surface area contributed by atoms with E-state index in [9.17, 15) is 22.8 Å². The summed E-state index contributed by atoms with van der Waals surface area (Å²) in [6.07, 6.45) is -4.54. The molecule has 0 bridgehead atoms. The Bertz CT molecular complexity index is 1670. The molecule has 0 atom stereocenters. The quantitative estimate of drug-likeness (QED) is 0.338. The van der Waals surface area contributed by atoms with Crippen LogP contribution in [-0.2, 0) is 28.7 Å². The number of aryl methyl sites for hydroxylation is 2. The van der Waals surface area contributed by atoms with Gasteiger partial charge in [0.05, 0.1) is 15.9 Å². The molecule has 35 heavy (non-hydrogen) atoms. The van der Waals surface area contributed by atoms with E-state index < -0.39 is 18.0 Å². The number of carbonyl (C=O) groups excluding carboxylic acids is 1. The summed E-state index contributed by atoms with van der Waals surface area (Å²) in [5.74, 6) is -1.98. The molecule has 1 aromatic carbocycles. The molecule has 5 aromatic rings. The maximum absolute atomic E-state index is 13.0. The van der Waals surface area contributed by atoms with Crippen molar-refractivity contribution in [3.8, 4) is 0 Å². The number of ether oxygens (including phenoxy) is 1. The van der Waals surface area contributed by atoms with Crippen molar-refractivity contribution in [1.82, 2.24) is 29.0 Å². The van der Waals surface area contributed by atoms with E-state index in [0.29, 0.717) is 27.6 Å². The van der Waals surface area contributed by atoms with Crippen molar-refractivity contribution < 1.29 is 22.7 Å². The molecule has 0 unspecified atom stereocenters. The van der Waals surface area contributed by atoms with Crippen molar-refractivity contribution in [2.75, 3.05) is 0 Å². The molecule has 9 nitrogen and oxygen atoms in total. The van der Waals surface area contributed by atoms with Gasteiger partial charge in [0.25, 0.3) is 17.2 Å². The largest absolute Gasteiger partial charge is 0.459 e. The monoisotopic (exact) mass is 502 g/mol. The Balaban J connectivity index is 1.29. The Morgan fingerprint density at radius 3 is 2.69 bits per heavy atom. The zero-order valence-electron chi connectivity index (χ0n) is 18.5. The highest BCUT2D eigenvalue weighted by Gasteiger charge is 2.37. The molecule has 0 amide bonds. The van der Waals surface area contributed by atoms with Gasteiger partial charge in [-0.1, -0.05) is 23.5 Å². The second-order valence-corrected chi connectivity index (χ2v) is 8.85. The third-order valence-electron chi connectivity index (χ3n) is 5.51. The lowest BCUT2D eigenvalue weighted by atomic mass is 10.1. The number of hydrogen-bond donors (Lipinski definition) is 0. The minimum atomic E-state index is -4.69. The van der Waals surface area contributed by atoms with Gasteiger partial charge in [-0.3, -0.25) is 14.0 Å². The van der Waals surface area contributed by atoms with Crippen LogP contribution in [0.5, 0.6) is 0 Å². The molecule has 0 aliphatic heterocycles. The lowest BCUT2D eigenvalue weighted by molar-refractivity contribution is -0.145. The molecule has 5 rings (SSSR count). The fraction of sp³-hybridized carbons (Fsp3) is 0.273. The molecule has 0 N–H and O–H groups in total. The van der Waals surface area contributed by atoms with Crippen molar-refractivity contribution in [2.45, 2.75) is 39.5 Å². The van der Waals surface area contributed by atoms with Crippen molar-refractivity contribution in [3.05, 3.63) is 69.2 Å². The molecule has 4 heterocycles. The van der Waals surface area contributed by atoms with Gasteiger partial charge < -0.3 is 4.74 Å². The van der Waals surface area contributed by atoms with E-state index in [4.69, 9.17) is 4.74 Å². The third kappa shape index (κ3) is 4.22. The molecule has 0 aliphatic rings. The molecule has 13 heteroatoms. The SMILES string of the molecule is Cc1nc2nc(C(F)(F)F)nn2c(C)c1CCC(=O)OCc1cc(=O)n2c(n1)sc1ccccc12. The van der Waals surface area contributed by atoms with Crippen LogP contribution < -0.4 is 5.56 Å². The molecule has 180 valence electrons. The Morgan fingerprint density at radius 1 is 1.14 bits per heavy atom. The predicted molar refractivity (Wildman–Crippen MR) is 120 cm³/mol. The lowest BCUT2D eigenvalue weighted by Gasteiger charge is -2.10. The van der Waals surface area contributed by atoms with Gasteiger partial charge in [0.15, 0.2) is 4.96 Å². The molecule has 0 saturated heterocycles. The first-order chi connectivity index (χ1) is 16.6. The van der Waals surface area contributed by atoms with Gasteiger partial charge in [-0.2, -0.15) is 18.2 Å². The molecule has 0 fully saturated rings. The van der Waals surface area contributed by atoms with E-state index in [0.717, 1.165) is 14.7 Å². The van der Waals surface area contributed by atoms with Crippen molar-refractivity contribution in [1.29, 1.82) is 0 Å². The van der Waals surface area contributed by atoms with Crippen LogP contribution >= 0.6 is 11.3 Å². The van der Waals surface area contributed by atoms with Crippen LogP contribution in [0.25, 0.3) is 21.0 Å². The number of fused-ring (bicyclic) bond motifs is 4. The van der Waals surface area contributed by atoms with E-state index in [2.05, 4.69) is 20.1 Å². The Labute approximate surface area is 198 Å². The van der Waals surface area contributed by atoms with E-state index in [-0.39, 0.29) is 30.8 Å². The van der Waals surface area contributed by atoms with Gasteiger partial charge in [-0.15, -0.1) is 5.10 Å². The number of esters is 1. The zero-order valence-corrected chi connectivity index (χ0v) is 19.3. The van der Waals surface area contributed by atoms with Gasteiger partial charge in [0.2, 0.25) is 0 Å². The Kier molecular flexibility index (Phi) is 5.50. The van der Waals surface area contributed by atoms with Gasteiger partial charge in [-0.25, -0.2) is 14.5 Å². The molecular formula is C22H17F3N6O3S. The lowest BCUT2D eigenvalue weighted by Crippen LogP contribution is -2.15. The standard InChI is InChI=1S/C22H17F3N6O3S/c1-11-14(12(2)31-20(26-11)28-19(29-31)22(23,24)25)7-8-18(33)34-10-13-9-17(32)30-15-5-3-4-6-16(15)35-21(30)27-13/h3-6,9H,7-8,10H2,1-2H3. The first kappa shape index (κ1) is 22.9. The predicted octanol–water partition coefficient (Wildman–Crippen LogP) is 3.66. The van der Waals surface area contributed by atoms with Gasteiger partial charge >= 0.3 is 12.1 Å². The molecular weight excluding hydrogens is 485 g/mol. The minimum Gasteiger partial charge on any atom is -0.459 e. The number of para-hydroxylation sites is 1. The van der Waals surface area contributed by atoms with Crippen molar-refractivity contribution >= 4 is 38.3 Å². The van der Waals surface area contributed by atoms with Crippen LogP contribution in [0.4, 0.5) is 13.2 Å². The van der Waals surface area contributed by atoms with Crippen LogP contribution in [0.15, 0.2) is 35.1 Å². The number of alkyl halides is 3. The third-order valence-corrected chi connectivity index (χ3v) is 6.53. The van der Waals surface area contributed by atoms with Crippen LogP contribution in [0.1, 0.15) is 34.9 Å². The summed E-state index contributed by atoms with van der Waals surface area (Å²) < 4.78 is 47.6. The molecule has 0 radical (unpaired) electrons. The minimum absolute atomic E-state index is 0.0419. The zero-order chi connectivity index (χ0) is 24.9. The van der Waals surface area contributed by atoms with Crippen LogP contribution in [-0.4, -0.2) is 34.9 Å². The van der Waals surface area contributed by atoms with Gasteiger partial charge in [0, 0.05) is 23.9 Å². The summed E-state index contributed by atoms with van der Waals surface area (Å²) in [6, 6.07) is 8.77. The van der Waals surface area contributed by atoms with Crippen LogP contribution in [0, 0.1) is 13.8 Å². The van der Waals surface area contributed by atoms with Crippen LogP contribution in [0.3, 0.4) is 0 Å². The maximum atomic E-state index is 13.0. The number of thiazole rings is 1. The number of halogens is 3. The van der Waals surface area contributed by atoms with E-state index in [1.807, 2.05) is 24.3 Å².